The first-order valence-corrected chi connectivity index (χ1v) is 6.06. The van der Waals surface area contributed by atoms with Gasteiger partial charge in [-0.3, -0.25) is 5.32 Å². The number of nitrogens with zero attached hydrogens (tertiary/aromatic N) is 2. The molecule has 0 spiro atoms. The van der Waals surface area contributed by atoms with Crippen molar-refractivity contribution in [2.24, 2.45) is 0 Å². The van der Waals surface area contributed by atoms with Crippen molar-refractivity contribution in [2.45, 2.75) is 13.0 Å². The first-order valence-electron chi connectivity index (χ1n) is 5.28. The van der Waals surface area contributed by atoms with E-state index in [1.54, 1.807) is 6.92 Å². The third kappa shape index (κ3) is 3.91. The third-order valence-electron chi connectivity index (χ3n) is 2.12. The average molecular weight is 258 g/mol. The molecule has 1 aliphatic heterocycles. The van der Waals surface area contributed by atoms with Gasteiger partial charge in [0, 0.05) is 18.1 Å². The lowest BCUT2D eigenvalue weighted by molar-refractivity contribution is -0.0852. The number of nitrogens with one attached hydrogen (secondary N) is 2. The molecule has 1 aromatic rings. The summed E-state index contributed by atoms with van der Waals surface area (Å²) in [5.74, 6) is 0.648. The van der Waals surface area contributed by atoms with Gasteiger partial charge in [-0.1, -0.05) is 0 Å². The first kappa shape index (κ1) is 12.2. The fourth-order valence-corrected chi connectivity index (χ4v) is 1.92. The molecule has 2 amide bonds. The molecule has 0 unspecified atom stereocenters. The molecule has 0 radical (unpaired) electrons. The normalized spacial score (nSPS) is 19.9. The molecule has 1 fully saturated rings. The van der Waals surface area contributed by atoms with E-state index in [1.165, 1.54) is 0 Å². The molecule has 0 aliphatic carbocycles. The van der Waals surface area contributed by atoms with Gasteiger partial charge in [0.15, 0.2) is 0 Å². The summed E-state index contributed by atoms with van der Waals surface area (Å²) < 4.78 is 14.6. The Bertz CT molecular complexity index is 378. The van der Waals surface area contributed by atoms with Crippen LogP contribution in [-0.4, -0.2) is 47.9 Å². The van der Waals surface area contributed by atoms with E-state index in [0.29, 0.717) is 37.3 Å². The summed E-state index contributed by atoms with van der Waals surface area (Å²) >= 11 is 1.15. The van der Waals surface area contributed by atoms with Crippen molar-refractivity contribution in [3.05, 3.63) is 5.82 Å². The van der Waals surface area contributed by atoms with Crippen LogP contribution in [0.3, 0.4) is 0 Å². The van der Waals surface area contributed by atoms with Gasteiger partial charge in [-0.2, -0.15) is 4.37 Å². The molecule has 2 N–H and O–H groups in total. The molecule has 94 valence electrons. The summed E-state index contributed by atoms with van der Waals surface area (Å²) in [5, 5.41) is 5.78. The van der Waals surface area contributed by atoms with Gasteiger partial charge in [0.05, 0.1) is 25.9 Å². The van der Waals surface area contributed by atoms with Crippen LogP contribution >= 0.6 is 11.5 Å². The smallest absolute Gasteiger partial charge is 0.321 e. The number of carbonyl (C=O) groups is 1. The Morgan fingerprint density at radius 3 is 3.12 bits per heavy atom. The summed E-state index contributed by atoms with van der Waals surface area (Å²) in [6, 6.07) is -0.310. The van der Waals surface area contributed by atoms with E-state index in [2.05, 4.69) is 20.0 Å². The van der Waals surface area contributed by atoms with Crippen LogP contribution in [0.5, 0.6) is 0 Å². The second-order valence-corrected chi connectivity index (χ2v) is 4.30. The van der Waals surface area contributed by atoms with E-state index >= 15 is 0 Å². The summed E-state index contributed by atoms with van der Waals surface area (Å²) in [6.45, 7) is 3.89. The molecule has 7 nitrogen and oxygen atoms in total. The van der Waals surface area contributed by atoms with Gasteiger partial charge >= 0.3 is 6.03 Å². The van der Waals surface area contributed by atoms with Gasteiger partial charge < -0.3 is 14.8 Å². The molecule has 0 aromatic carbocycles. The summed E-state index contributed by atoms with van der Waals surface area (Å²) in [5.41, 5.74) is 0. The minimum absolute atomic E-state index is 0.0781. The molecule has 1 atom stereocenters. The lowest BCUT2D eigenvalue weighted by atomic mass is 10.3. The van der Waals surface area contributed by atoms with Crippen molar-refractivity contribution in [2.75, 3.05) is 31.7 Å². The summed E-state index contributed by atoms with van der Waals surface area (Å²) in [6.07, 6.45) is -0.0781. The largest absolute Gasteiger partial charge is 0.376 e. The highest BCUT2D eigenvalue weighted by Gasteiger charge is 2.15. The number of carbonyl (C=O) groups excluding carboxylic acids is 1. The van der Waals surface area contributed by atoms with E-state index in [4.69, 9.17) is 9.47 Å². The quantitative estimate of drug-likeness (QED) is 0.819. The van der Waals surface area contributed by atoms with Crippen molar-refractivity contribution < 1.29 is 14.3 Å². The summed E-state index contributed by atoms with van der Waals surface area (Å²) in [7, 11) is 0. The predicted molar refractivity (Wildman–Crippen MR) is 62.2 cm³/mol. The standard InChI is InChI=1S/C9H14N4O3S/c1-6-11-9(17-13-6)12-8(14)10-4-7-5-15-2-3-16-7/h7H,2-5H2,1H3,(H2,10,11,12,13,14)/t7-/m0/s1. The topological polar surface area (TPSA) is 85.4 Å². The average Bonchev–Trinajstić information content (AvgIpc) is 2.73. The minimum atomic E-state index is -0.310. The molecule has 1 saturated heterocycles. The monoisotopic (exact) mass is 258 g/mol. The molecule has 1 aliphatic rings. The zero-order chi connectivity index (χ0) is 12.1. The predicted octanol–water partition coefficient (Wildman–Crippen LogP) is 0.383. The number of hydrogen-bond donors (Lipinski definition) is 2. The van der Waals surface area contributed by atoms with Crippen LogP contribution in [0.2, 0.25) is 0 Å². The zero-order valence-corrected chi connectivity index (χ0v) is 10.2. The number of aryl methyl sites for hydroxylation is 1. The highest BCUT2D eigenvalue weighted by Crippen LogP contribution is 2.09. The van der Waals surface area contributed by atoms with Crippen molar-refractivity contribution in [1.82, 2.24) is 14.7 Å². The SMILES string of the molecule is Cc1nsc(NC(=O)NC[C@H]2COCCO2)n1. The van der Waals surface area contributed by atoms with Crippen LogP contribution in [0, 0.1) is 6.92 Å². The van der Waals surface area contributed by atoms with Crippen molar-refractivity contribution in [1.29, 1.82) is 0 Å². The number of amides is 2. The van der Waals surface area contributed by atoms with Gasteiger partial charge in [-0.05, 0) is 6.92 Å². The Morgan fingerprint density at radius 1 is 1.59 bits per heavy atom. The molecule has 8 heteroatoms. The number of urea groups is 1. The Balaban J connectivity index is 1.70. The Hall–Kier alpha value is -1.25. The van der Waals surface area contributed by atoms with E-state index in [1.807, 2.05) is 0 Å². The highest BCUT2D eigenvalue weighted by molar-refractivity contribution is 7.09. The number of aromatic nitrogens is 2. The van der Waals surface area contributed by atoms with Crippen LogP contribution in [-0.2, 0) is 9.47 Å². The maximum atomic E-state index is 11.5. The van der Waals surface area contributed by atoms with E-state index < -0.39 is 0 Å². The molecule has 0 bridgehead atoms. The highest BCUT2D eigenvalue weighted by atomic mass is 32.1. The molecular formula is C9H14N4O3S. The summed E-state index contributed by atoms with van der Waals surface area (Å²) in [4.78, 5) is 15.5. The van der Waals surface area contributed by atoms with Gasteiger partial charge in [-0.25, -0.2) is 9.78 Å². The van der Waals surface area contributed by atoms with E-state index in [-0.39, 0.29) is 12.1 Å². The molecule has 2 heterocycles. The minimum Gasteiger partial charge on any atom is -0.376 e. The van der Waals surface area contributed by atoms with Crippen LogP contribution < -0.4 is 10.6 Å². The Labute approximate surface area is 103 Å². The third-order valence-corrected chi connectivity index (χ3v) is 2.85. The molecule has 0 saturated carbocycles. The van der Waals surface area contributed by atoms with Gasteiger partial charge in [0.2, 0.25) is 5.13 Å². The van der Waals surface area contributed by atoms with E-state index in [0.717, 1.165) is 11.5 Å². The maximum absolute atomic E-state index is 11.5. The van der Waals surface area contributed by atoms with Crippen LogP contribution in [0.15, 0.2) is 0 Å². The van der Waals surface area contributed by atoms with E-state index in [9.17, 15) is 4.79 Å². The molecular weight excluding hydrogens is 244 g/mol. The second kappa shape index (κ2) is 5.89. The number of ether oxygens (including phenoxy) is 2. The van der Waals surface area contributed by atoms with Gasteiger partial charge in [-0.15, -0.1) is 0 Å². The zero-order valence-electron chi connectivity index (χ0n) is 9.43. The molecule has 17 heavy (non-hydrogen) atoms. The van der Waals surface area contributed by atoms with Crippen molar-refractivity contribution in [3.8, 4) is 0 Å². The number of rotatable bonds is 3. The number of hydrogen-bond acceptors (Lipinski definition) is 6. The Morgan fingerprint density at radius 2 is 2.47 bits per heavy atom. The first-order chi connectivity index (χ1) is 8.24. The fourth-order valence-electron chi connectivity index (χ4n) is 1.35. The van der Waals surface area contributed by atoms with Crippen LogP contribution in [0.25, 0.3) is 0 Å². The van der Waals surface area contributed by atoms with Crippen molar-refractivity contribution >= 4 is 22.7 Å². The van der Waals surface area contributed by atoms with Gasteiger partial charge in [0.1, 0.15) is 5.82 Å². The van der Waals surface area contributed by atoms with Gasteiger partial charge in [0.25, 0.3) is 0 Å². The number of anilines is 1. The maximum Gasteiger partial charge on any atom is 0.321 e. The fraction of sp³-hybridized carbons (Fsp3) is 0.667. The molecule has 1 aromatic heterocycles. The van der Waals surface area contributed by atoms with Crippen molar-refractivity contribution in [3.63, 3.8) is 0 Å². The van der Waals surface area contributed by atoms with Crippen LogP contribution in [0.1, 0.15) is 5.82 Å². The lowest BCUT2D eigenvalue weighted by Gasteiger charge is -2.22. The Kier molecular flexibility index (Phi) is 4.24. The molecule has 2 rings (SSSR count). The lowest BCUT2D eigenvalue weighted by Crippen LogP contribution is -2.41. The van der Waals surface area contributed by atoms with Crippen LogP contribution in [0.4, 0.5) is 9.93 Å². The second-order valence-electron chi connectivity index (χ2n) is 3.55.